The van der Waals surface area contributed by atoms with Crippen molar-refractivity contribution in [3.8, 4) is 23.0 Å². The van der Waals surface area contributed by atoms with Crippen molar-refractivity contribution in [2.24, 2.45) is 0 Å². The van der Waals surface area contributed by atoms with Crippen molar-refractivity contribution in [1.29, 1.82) is 0 Å². The molecule has 29 heavy (non-hydrogen) atoms. The quantitative estimate of drug-likeness (QED) is 0.499. The maximum atomic E-state index is 12.6. The molecule has 0 saturated heterocycles. The van der Waals surface area contributed by atoms with E-state index >= 15 is 0 Å². The number of aromatic nitrogens is 3. The van der Waals surface area contributed by atoms with E-state index in [1.54, 1.807) is 22.9 Å². The number of hydrogen-bond donors (Lipinski definition) is 1. The number of amides is 1. The molecule has 1 amide bonds. The first-order chi connectivity index (χ1) is 14.0. The van der Waals surface area contributed by atoms with Crippen LogP contribution in [-0.4, -0.2) is 20.6 Å². The molecule has 0 aliphatic carbocycles. The van der Waals surface area contributed by atoms with Crippen molar-refractivity contribution in [3.63, 3.8) is 0 Å². The summed E-state index contributed by atoms with van der Waals surface area (Å²) in [7, 11) is 0. The number of benzene rings is 2. The van der Waals surface area contributed by atoms with E-state index in [4.69, 9.17) is 16.1 Å². The lowest BCUT2D eigenvalue weighted by Crippen LogP contribution is -2.19. The second-order valence-electron chi connectivity index (χ2n) is 6.82. The molecule has 0 bridgehead atoms. The Labute approximate surface area is 173 Å². The summed E-state index contributed by atoms with van der Waals surface area (Å²) in [5.74, 6) is 0.642. The number of hydrogen-bond acceptors (Lipinski definition) is 4. The van der Waals surface area contributed by atoms with Crippen LogP contribution in [0.1, 0.15) is 11.1 Å². The molecule has 0 unspecified atom stereocenters. The summed E-state index contributed by atoms with van der Waals surface area (Å²) >= 11 is 6.04. The van der Waals surface area contributed by atoms with E-state index in [-0.39, 0.29) is 12.5 Å². The van der Waals surface area contributed by atoms with E-state index in [2.05, 4.69) is 15.5 Å². The number of nitrogens with zero attached hydrogens (tertiary/aromatic N) is 3. The van der Waals surface area contributed by atoms with Crippen LogP contribution in [-0.2, 0) is 11.3 Å². The molecule has 0 aliphatic heterocycles. The molecular formula is C22H19ClN4O2. The molecule has 4 rings (SSSR count). The van der Waals surface area contributed by atoms with E-state index in [1.807, 2.05) is 56.3 Å². The van der Waals surface area contributed by atoms with E-state index in [0.717, 1.165) is 22.4 Å². The Balaban J connectivity index is 1.52. The van der Waals surface area contributed by atoms with Gasteiger partial charge in [-0.05, 0) is 49.7 Å². The maximum absolute atomic E-state index is 12.6. The third-order valence-corrected chi connectivity index (χ3v) is 4.76. The smallest absolute Gasteiger partial charge is 0.274 e. The van der Waals surface area contributed by atoms with Crippen molar-refractivity contribution < 1.29 is 9.32 Å². The predicted molar refractivity (Wildman–Crippen MR) is 113 cm³/mol. The fourth-order valence-corrected chi connectivity index (χ4v) is 3.31. The first kappa shape index (κ1) is 19.0. The van der Waals surface area contributed by atoms with Crippen molar-refractivity contribution in [3.05, 3.63) is 76.9 Å². The minimum atomic E-state index is -0.135. The van der Waals surface area contributed by atoms with Crippen LogP contribution in [0.25, 0.3) is 23.0 Å². The van der Waals surface area contributed by atoms with E-state index < -0.39 is 0 Å². The molecule has 2 aromatic carbocycles. The van der Waals surface area contributed by atoms with E-state index in [0.29, 0.717) is 22.4 Å². The van der Waals surface area contributed by atoms with Gasteiger partial charge in [0.2, 0.25) is 11.7 Å². The van der Waals surface area contributed by atoms with Crippen molar-refractivity contribution in [1.82, 2.24) is 14.7 Å². The molecule has 6 nitrogen and oxygen atoms in total. The van der Waals surface area contributed by atoms with Gasteiger partial charge in [-0.1, -0.05) is 46.6 Å². The van der Waals surface area contributed by atoms with Crippen molar-refractivity contribution in [2.75, 3.05) is 5.32 Å². The van der Waals surface area contributed by atoms with Gasteiger partial charge in [0, 0.05) is 22.5 Å². The molecule has 2 heterocycles. The van der Waals surface area contributed by atoms with Gasteiger partial charge in [-0.25, -0.2) is 0 Å². The molecular weight excluding hydrogens is 388 g/mol. The summed E-state index contributed by atoms with van der Waals surface area (Å²) in [5, 5.41) is 7.58. The topological polar surface area (TPSA) is 73.0 Å². The monoisotopic (exact) mass is 406 g/mol. The van der Waals surface area contributed by atoms with Crippen LogP contribution in [0.3, 0.4) is 0 Å². The Morgan fingerprint density at radius 1 is 1.14 bits per heavy atom. The molecule has 0 spiro atoms. The molecule has 0 radical (unpaired) electrons. The standard InChI is InChI=1S/C22H19ClN4O2/c1-14-8-9-18(15(2)11-14)24-20(28)13-27-10-4-7-19(27)22-25-21(26-29-22)16-5-3-6-17(23)12-16/h3-12H,13H2,1-2H3,(H,24,28). The molecule has 146 valence electrons. The molecule has 0 atom stereocenters. The van der Waals surface area contributed by atoms with E-state index in [9.17, 15) is 4.79 Å². The van der Waals surface area contributed by atoms with Gasteiger partial charge in [0.1, 0.15) is 12.2 Å². The summed E-state index contributed by atoms with van der Waals surface area (Å²) in [6.07, 6.45) is 1.81. The highest BCUT2D eigenvalue weighted by molar-refractivity contribution is 6.30. The summed E-state index contributed by atoms with van der Waals surface area (Å²) in [6.45, 7) is 4.12. The molecule has 0 saturated carbocycles. The third kappa shape index (κ3) is 4.22. The number of nitrogens with one attached hydrogen (secondary N) is 1. The van der Waals surface area contributed by atoms with Gasteiger partial charge in [-0.3, -0.25) is 4.79 Å². The number of halogens is 1. The highest BCUT2D eigenvalue weighted by atomic mass is 35.5. The van der Waals surface area contributed by atoms with Crippen LogP contribution < -0.4 is 5.32 Å². The summed E-state index contributed by atoms with van der Waals surface area (Å²) < 4.78 is 7.19. The first-order valence-electron chi connectivity index (χ1n) is 9.12. The van der Waals surface area contributed by atoms with Crippen molar-refractivity contribution >= 4 is 23.2 Å². The largest absolute Gasteiger partial charge is 0.334 e. The summed E-state index contributed by atoms with van der Waals surface area (Å²) in [6, 6.07) is 16.8. The van der Waals surface area contributed by atoms with Gasteiger partial charge in [0.15, 0.2) is 0 Å². The fourth-order valence-electron chi connectivity index (χ4n) is 3.12. The highest BCUT2D eigenvalue weighted by Crippen LogP contribution is 2.24. The minimum Gasteiger partial charge on any atom is -0.334 e. The van der Waals surface area contributed by atoms with Crippen LogP contribution in [0.15, 0.2) is 65.3 Å². The normalized spacial score (nSPS) is 10.9. The van der Waals surface area contributed by atoms with Gasteiger partial charge >= 0.3 is 0 Å². The van der Waals surface area contributed by atoms with Gasteiger partial charge in [-0.15, -0.1) is 0 Å². The SMILES string of the molecule is Cc1ccc(NC(=O)Cn2cccc2-c2nc(-c3cccc(Cl)c3)no2)c(C)c1. The van der Waals surface area contributed by atoms with Crippen LogP contribution in [0, 0.1) is 13.8 Å². The number of carbonyl (C=O) groups is 1. The van der Waals surface area contributed by atoms with Gasteiger partial charge in [-0.2, -0.15) is 4.98 Å². The van der Waals surface area contributed by atoms with Crippen LogP contribution >= 0.6 is 11.6 Å². The Morgan fingerprint density at radius 2 is 2.00 bits per heavy atom. The zero-order valence-corrected chi connectivity index (χ0v) is 16.8. The highest BCUT2D eigenvalue weighted by Gasteiger charge is 2.16. The average Bonchev–Trinajstić information content (AvgIpc) is 3.33. The fraction of sp³-hybridized carbons (Fsp3) is 0.136. The molecule has 2 aromatic heterocycles. The third-order valence-electron chi connectivity index (χ3n) is 4.53. The second-order valence-corrected chi connectivity index (χ2v) is 7.26. The predicted octanol–water partition coefficient (Wildman–Crippen LogP) is 5.11. The lowest BCUT2D eigenvalue weighted by Gasteiger charge is -2.10. The summed E-state index contributed by atoms with van der Waals surface area (Å²) in [4.78, 5) is 17.0. The number of anilines is 1. The summed E-state index contributed by atoms with van der Waals surface area (Å²) in [5.41, 5.74) is 4.41. The molecule has 0 aliphatic rings. The maximum Gasteiger partial charge on any atom is 0.274 e. The minimum absolute atomic E-state index is 0.129. The zero-order chi connectivity index (χ0) is 20.4. The van der Waals surface area contributed by atoms with Crippen LogP contribution in [0.2, 0.25) is 5.02 Å². The molecule has 7 heteroatoms. The Kier molecular flexibility index (Phi) is 5.18. The van der Waals surface area contributed by atoms with Gasteiger partial charge < -0.3 is 14.4 Å². The zero-order valence-electron chi connectivity index (χ0n) is 16.0. The Morgan fingerprint density at radius 3 is 2.79 bits per heavy atom. The second kappa shape index (κ2) is 7.93. The van der Waals surface area contributed by atoms with Gasteiger partial charge in [0.25, 0.3) is 5.89 Å². The van der Waals surface area contributed by atoms with Crippen LogP contribution in [0.4, 0.5) is 5.69 Å². The lowest BCUT2D eigenvalue weighted by atomic mass is 10.1. The Hall–Kier alpha value is -3.38. The number of aryl methyl sites for hydroxylation is 2. The Bertz CT molecular complexity index is 1180. The molecule has 0 fully saturated rings. The first-order valence-corrected chi connectivity index (χ1v) is 9.49. The lowest BCUT2D eigenvalue weighted by molar-refractivity contribution is -0.116. The van der Waals surface area contributed by atoms with Gasteiger partial charge in [0.05, 0.1) is 0 Å². The van der Waals surface area contributed by atoms with Crippen LogP contribution in [0.5, 0.6) is 0 Å². The number of carbonyl (C=O) groups excluding carboxylic acids is 1. The number of rotatable bonds is 5. The molecule has 4 aromatic rings. The van der Waals surface area contributed by atoms with Crippen molar-refractivity contribution in [2.45, 2.75) is 20.4 Å². The average molecular weight is 407 g/mol. The molecule has 1 N–H and O–H groups in total. The van der Waals surface area contributed by atoms with E-state index in [1.165, 1.54) is 0 Å².